The molecule has 230 valence electrons. The third kappa shape index (κ3) is 6.41. The molecule has 2 N–H and O–H groups in total. The number of benzene rings is 1. The van der Waals surface area contributed by atoms with Gasteiger partial charge in [0.2, 0.25) is 5.95 Å². The molecule has 2 aromatic heterocycles. The standard InChI is InChI=1S/C26H25F6N7O4/c27-25(28,29)16-9-33-24(34-10-16)38-7-5-37(6-8-38)23(42)20(40)14-43-13-19-17-4-2-1-3-15(17)12-39(19)18-11-35-36-22(41)21(18)26(30,31)32/h1-4,9-11,19-20,40H,5-8,12-14H2,(H,36,41)/t19-,20-/m0/s1. The van der Waals surface area contributed by atoms with E-state index in [1.54, 1.807) is 29.2 Å². The number of rotatable bonds is 7. The van der Waals surface area contributed by atoms with Crippen LogP contribution in [0, 0.1) is 0 Å². The van der Waals surface area contributed by atoms with Crippen LogP contribution in [0.15, 0.2) is 47.7 Å². The van der Waals surface area contributed by atoms with Gasteiger partial charge in [0.1, 0.15) is 5.56 Å². The van der Waals surface area contributed by atoms with E-state index in [1.807, 2.05) is 5.10 Å². The predicted octanol–water partition coefficient (Wildman–Crippen LogP) is 2.39. The van der Waals surface area contributed by atoms with E-state index in [-0.39, 0.29) is 45.3 Å². The van der Waals surface area contributed by atoms with Gasteiger partial charge in [-0.25, -0.2) is 15.1 Å². The lowest BCUT2D eigenvalue weighted by molar-refractivity contribution is -0.144. The summed E-state index contributed by atoms with van der Waals surface area (Å²) in [4.78, 5) is 36.8. The van der Waals surface area contributed by atoms with E-state index in [4.69, 9.17) is 4.74 Å². The molecule has 1 saturated heterocycles. The summed E-state index contributed by atoms with van der Waals surface area (Å²) >= 11 is 0. The van der Waals surface area contributed by atoms with Crippen molar-refractivity contribution in [2.45, 2.75) is 31.0 Å². The number of H-pyrrole nitrogens is 1. The normalized spacial score (nSPS) is 18.1. The Bertz CT molecular complexity index is 1510. The van der Waals surface area contributed by atoms with Gasteiger partial charge >= 0.3 is 12.4 Å². The van der Waals surface area contributed by atoms with Crippen molar-refractivity contribution in [3.63, 3.8) is 0 Å². The Kier molecular flexibility index (Phi) is 8.29. The molecule has 0 aliphatic carbocycles. The first-order chi connectivity index (χ1) is 20.3. The lowest BCUT2D eigenvalue weighted by Gasteiger charge is -2.35. The van der Waals surface area contributed by atoms with Crippen LogP contribution in [0.5, 0.6) is 0 Å². The number of piperazine rings is 1. The van der Waals surface area contributed by atoms with Crippen LogP contribution < -0.4 is 15.4 Å². The quantitative estimate of drug-likeness (QED) is 0.386. The number of hydrogen-bond acceptors (Lipinski definition) is 9. The third-order valence-electron chi connectivity index (χ3n) is 7.24. The van der Waals surface area contributed by atoms with Crippen molar-refractivity contribution in [3.05, 3.63) is 75.5 Å². The van der Waals surface area contributed by atoms with Crippen molar-refractivity contribution < 1.29 is 41.0 Å². The first-order valence-corrected chi connectivity index (χ1v) is 13.0. The van der Waals surface area contributed by atoms with Crippen molar-refractivity contribution in [3.8, 4) is 0 Å². The highest BCUT2D eigenvalue weighted by Crippen LogP contribution is 2.42. The maximum atomic E-state index is 13.8. The lowest BCUT2D eigenvalue weighted by atomic mass is 10.1. The number of aliphatic hydroxyl groups is 1. The Morgan fingerprint density at radius 3 is 2.35 bits per heavy atom. The molecule has 0 radical (unpaired) electrons. The molecular formula is C26H25F6N7O4. The van der Waals surface area contributed by atoms with Crippen LogP contribution >= 0.6 is 0 Å². The molecule has 2 atom stereocenters. The van der Waals surface area contributed by atoms with Crippen LogP contribution in [0.3, 0.4) is 0 Å². The van der Waals surface area contributed by atoms with Gasteiger partial charge in [0.05, 0.1) is 36.7 Å². The minimum Gasteiger partial charge on any atom is -0.381 e. The molecule has 0 saturated carbocycles. The average Bonchev–Trinajstić information content (AvgIpc) is 3.34. The fourth-order valence-electron chi connectivity index (χ4n) is 5.11. The zero-order valence-corrected chi connectivity index (χ0v) is 22.3. The Labute approximate surface area is 239 Å². The number of carbonyl (C=O) groups is 1. The van der Waals surface area contributed by atoms with Gasteiger partial charge in [-0.05, 0) is 11.1 Å². The highest BCUT2D eigenvalue weighted by Gasteiger charge is 2.42. The molecule has 1 fully saturated rings. The third-order valence-corrected chi connectivity index (χ3v) is 7.24. The van der Waals surface area contributed by atoms with Crippen LogP contribution in [0.1, 0.15) is 28.3 Å². The maximum Gasteiger partial charge on any atom is 0.423 e. The van der Waals surface area contributed by atoms with E-state index in [2.05, 4.69) is 15.1 Å². The predicted molar refractivity (Wildman–Crippen MR) is 138 cm³/mol. The van der Waals surface area contributed by atoms with Crippen molar-refractivity contribution in [2.24, 2.45) is 0 Å². The molecule has 3 aromatic rings. The van der Waals surface area contributed by atoms with E-state index < -0.39 is 59.4 Å². The summed E-state index contributed by atoms with van der Waals surface area (Å²) in [5.74, 6) is -0.565. The van der Waals surface area contributed by atoms with Crippen LogP contribution in [0.2, 0.25) is 0 Å². The summed E-state index contributed by atoms with van der Waals surface area (Å²) < 4.78 is 85.3. The molecular weight excluding hydrogens is 588 g/mol. The second kappa shape index (κ2) is 11.8. The number of aromatic nitrogens is 4. The van der Waals surface area contributed by atoms with Gasteiger partial charge < -0.3 is 24.5 Å². The van der Waals surface area contributed by atoms with Crippen molar-refractivity contribution in [1.82, 2.24) is 25.1 Å². The number of alkyl halides is 6. The number of aromatic amines is 1. The topological polar surface area (TPSA) is 128 Å². The van der Waals surface area contributed by atoms with E-state index in [0.29, 0.717) is 18.0 Å². The second-order valence-electron chi connectivity index (χ2n) is 9.93. The van der Waals surface area contributed by atoms with Gasteiger partial charge in [-0.15, -0.1) is 0 Å². The molecule has 5 rings (SSSR count). The summed E-state index contributed by atoms with van der Waals surface area (Å²) in [6.45, 7) is 0.0961. The van der Waals surface area contributed by atoms with Gasteiger partial charge in [0, 0.05) is 45.1 Å². The number of amides is 1. The average molecular weight is 614 g/mol. The van der Waals surface area contributed by atoms with Crippen LogP contribution in [0.25, 0.3) is 0 Å². The summed E-state index contributed by atoms with van der Waals surface area (Å²) in [6, 6.07) is 6.13. The number of hydrogen-bond donors (Lipinski definition) is 2. The lowest BCUT2D eigenvalue weighted by Crippen LogP contribution is -2.52. The largest absolute Gasteiger partial charge is 0.423 e. The number of fused-ring (bicyclic) bond motifs is 1. The first-order valence-electron chi connectivity index (χ1n) is 13.0. The molecule has 11 nitrogen and oxygen atoms in total. The molecule has 2 aliphatic rings. The summed E-state index contributed by atoms with van der Waals surface area (Å²) in [6.07, 6.45) is -8.80. The van der Waals surface area contributed by atoms with Gasteiger partial charge in [0.15, 0.2) is 6.10 Å². The van der Waals surface area contributed by atoms with Crippen LogP contribution in [-0.4, -0.2) is 81.6 Å². The molecule has 17 heteroatoms. The maximum absolute atomic E-state index is 13.8. The fraction of sp³-hybridized carbons (Fsp3) is 0.423. The van der Waals surface area contributed by atoms with Crippen LogP contribution in [-0.2, 0) is 28.4 Å². The van der Waals surface area contributed by atoms with Gasteiger partial charge in [-0.3, -0.25) is 9.59 Å². The molecule has 1 aromatic carbocycles. The summed E-state index contributed by atoms with van der Waals surface area (Å²) in [5.41, 5.74) is -2.79. The minimum absolute atomic E-state index is 0.0484. The fourth-order valence-corrected chi connectivity index (χ4v) is 5.11. The summed E-state index contributed by atoms with van der Waals surface area (Å²) in [7, 11) is 0. The number of ether oxygens (including phenoxy) is 1. The summed E-state index contributed by atoms with van der Waals surface area (Å²) in [5, 5.41) is 15.9. The molecule has 0 spiro atoms. The number of nitrogens with zero attached hydrogens (tertiary/aromatic N) is 6. The Hall–Kier alpha value is -4.25. The monoisotopic (exact) mass is 613 g/mol. The highest BCUT2D eigenvalue weighted by atomic mass is 19.4. The Balaban J connectivity index is 1.20. The molecule has 1 amide bonds. The SMILES string of the molecule is O=C([C@@H](O)COC[C@H]1c2ccccc2CN1c1cn[nH]c(=O)c1C(F)(F)F)N1CCN(c2ncc(C(F)(F)F)cn2)CC1. The van der Waals surface area contributed by atoms with Crippen molar-refractivity contribution in [1.29, 1.82) is 0 Å². The molecule has 0 unspecified atom stereocenters. The zero-order valence-electron chi connectivity index (χ0n) is 22.3. The molecule has 0 bridgehead atoms. The Morgan fingerprint density at radius 1 is 1.02 bits per heavy atom. The molecule has 43 heavy (non-hydrogen) atoms. The minimum atomic E-state index is -4.95. The van der Waals surface area contributed by atoms with Gasteiger partial charge in [-0.1, -0.05) is 24.3 Å². The van der Waals surface area contributed by atoms with Gasteiger partial charge in [0.25, 0.3) is 11.5 Å². The van der Waals surface area contributed by atoms with E-state index >= 15 is 0 Å². The first kappa shape index (κ1) is 30.2. The van der Waals surface area contributed by atoms with Crippen LogP contribution in [0.4, 0.5) is 38.0 Å². The Morgan fingerprint density at radius 2 is 1.70 bits per heavy atom. The number of halogens is 6. The second-order valence-corrected chi connectivity index (χ2v) is 9.93. The number of nitrogens with one attached hydrogen (secondary N) is 1. The zero-order chi connectivity index (χ0) is 30.9. The van der Waals surface area contributed by atoms with E-state index in [1.165, 1.54) is 9.80 Å². The smallest absolute Gasteiger partial charge is 0.381 e. The van der Waals surface area contributed by atoms with Crippen molar-refractivity contribution >= 4 is 17.5 Å². The number of carbonyl (C=O) groups excluding carboxylic acids is 1. The molecule has 4 heterocycles. The number of anilines is 2. The number of aliphatic hydroxyl groups excluding tert-OH is 1. The van der Waals surface area contributed by atoms with Gasteiger partial charge in [-0.2, -0.15) is 31.4 Å². The highest BCUT2D eigenvalue weighted by molar-refractivity contribution is 5.81. The van der Waals surface area contributed by atoms with E-state index in [0.717, 1.165) is 11.8 Å². The van der Waals surface area contributed by atoms with E-state index in [9.17, 15) is 41.0 Å². The molecule has 2 aliphatic heterocycles. The van der Waals surface area contributed by atoms with Crippen molar-refractivity contribution in [2.75, 3.05) is 49.2 Å².